The van der Waals surface area contributed by atoms with Gasteiger partial charge in [-0.1, -0.05) is 13.8 Å². The maximum atomic E-state index is 12.8. The number of aliphatic imine (C=N–C) groups is 1. The van der Waals surface area contributed by atoms with Crippen molar-refractivity contribution in [2.24, 2.45) is 22.7 Å². The van der Waals surface area contributed by atoms with Gasteiger partial charge in [-0.15, -0.1) is 0 Å². The van der Waals surface area contributed by atoms with Gasteiger partial charge in [-0.2, -0.15) is 0 Å². The SMILES string of the molecule is CCNC(=NCC1CCCN(CC(C)C)C1)N1CCC(C(=O)N2CCOCC2)CC1. The molecule has 7 nitrogen and oxygen atoms in total. The van der Waals surface area contributed by atoms with Gasteiger partial charge in [0.05, 0.1) is 13.2 Å². The van der Waals surface area contributed by atoms with E-state index in [4.69, 9.17) is 9.73 Å². The van der Waals surface area contributed by atoms with Crippen LogP contribution in [-0.4, -0.2) is 98.7 Å². The lowest BCUT2D eigenvalue weighted by molar-refractivity contribution is -0.140. The second-order valence-corrected chi connectivity index (χ2v) is 9.56. The molecular weight excluding hydrogens is 378 g/mol. The van der Waals surface area contributed by atoms with Crippen LogP contribution < -0.4 is 5.32 Å². The molecule has 1 N–H and O–H groups in total. The van der Waals surface area contributed by atoms with Gasteiger partial charge >= 0.3 is 0 Å². The normalized spacial score (nSPS) is 25.1. The first-order chi connectivity index (χ1) is 14.6. The topological polar surface area (TPSA) is 60.4 Å². The van der Waals surface area contributed by atoms with E-state index in [0.717, 1.165) is 64.0 Å². The standard InChI is InChI=1S/C23H43N5O2/c1-4-24-23(25-16-20-6-5-9-26(18-20)17-19(2)3)28-10-7-21(8-11-28)22(29)27-12-14-30-15-13-27/h19-21H,4-18H2,1-3H3,(H,24,25). The number of hydrogen-bond donors (Lipinski definition) is 1. The first kappa shape index (κ1) is 23.3. The number of nitrogens with one attached hydrogen (secondary N) is 1. The number of likely N-dealkylation sites (tertiary alicyclic amines) is 2. The molecule has 7 heteroatoms. The summed E-state index contributed by atoms with van der Waals surface area (Å²) >= 11 is 0. The zero-order chi connectivity index (χ0) is 21.3. The van der Waals surface area contributed by atoms with Crippen LogP contribution in [0.2, 0.25) is 0 Å². The van der Waals surface area contributed by atoms with Crippen molar-refractivity contribution in [1.29, 1.82) is 0 Å². The fourth-order valence-corrected chi connectivity index (χ4v) is 5.00. The highest BCUT2D eigenvalue weighted by atomic mass is 16.5. The third-order valence-electron chi connectivity index (χ3n) is 6.53. The Labute approximate surface area is 183 Å². The van der Waals surface area contributed by atoms with Gasteiger partial charge in [-0.3, -0.25) is 9.79 Å². The lowest BCUT2D eigenvalue weighted by atomic mass is 9.95. The molecule has 0 aromatic carbocycles. The molecule has 3 aliphatic heterocycles. The van der Waals surface area contributed by atoms with Crippen LogP contribution in [0.15, 0.2) is 4.99 Å². The minimum Gasteiger partial charge on any atom is -0.378 e. The van der Waals surface area contributed by atoms with Gasteiger partial charge in [0.1, 0.15) is 0 Å². The molecule has 3 fully saturated rings. The summed E-state index contributed by atoms with van der Waals surface area (Å²) in [7, 11) is 0. The van der Waals surface area contributed by atoms with E-state index >= 15 is 0 Å². The van der Waals surface area contributed by atoms with Crippen LogP contribution in [-0.2, 0) is 9.53 Å². The summed E-state index contributed by atoms with van der Waals surface area (Å²) < 4.78 is 5.39. The van der Waals surface area contributed by atoms with Crippen molar-refractivity contribution in [1.82, 2.24) is 20.0 Å². The second kappa shape index (κ2) is 11.9. The van der Waals surface area contributed by atoms with Crippen LogP contribution in [0.5, 0.6) is 0 Å². The van der Waals surface area contributed by atoms with Crippen LogP contribution in [0.3, 0.4) is 0 Å². The zero-order valence-corrected chi connectivity index (χ0v) is 19.4. The van der Waals surface area contributed by atoms with Crippen molar-refractivity contribution in [3.05, 3.63) is 0 Å². The number of morpholine rings is 1. The molecule has 0 aliphatic carbocycles. The molecule has 3 aliphatic rings. The number of ether oxygens (including phenoxy) is 1. The fraction of sp³-hybridized carbons (Fsp3) is 0.913. The van der Waals surface area contributed by atoms with E-state index in [9.17, 15) is 4.79 Å². The van der Waals surface area contributed by atoms with E-state index in [1.807, 2.05) is 4.90 Å². The van der Waals surface area contributed by atoms with Gasteiger partial charge in [0.2, 0.25) is 5.91 Å². The smallest absolute Gasteiger partial charge is 0.225 e. The summed E-state index contributed by atoms with van der Waals surface area (Å²) in [6.07, 6.45) is 4.42. The summed E-state index contributed by atoms with van der Waals surface area (Å²) in [6, 6.07) is 0. The first-order valence-corrected chi connectivity index (χ1v) is 12.2. The lowest BCUT2D eigenvalue weighted by Gasteiger charge is -2.37. The molecule has 1 amide bonds. The van der Waals surface area contributed by atoms with Crippen molar-refractivity contribution in [3.8, 4) is 0 Å². The summed E-state index contributed by atoms with van der Waals surface area (Å²) in [6.45, 7) is 16.8. The molecule has 172 valence electrons. The van der Waals surface area contributed by atoms with Gasteiger partial charge in [0.25, 0.3) is 0 Å². The van der Waals surface area contributed by atoms with Crippen LogP contribution in [0.25, 0.3) is 0 Å². The lowest BCUT2D eigenvalue weighted by Crippen LogP contribution is -2.50. The van der Waals surface area contributed by atoms with E-state index in [0.29, 0.717) is 25.0 Å². The highest BCUT2D eigenvalue weighted by Gasteiger charge is 2.30. The van der Waals surface area contributed by atoms with Gasteiger partial charge in [-0.05, 0) is 51.0 Å². The summed E-state index contributed by atoms with van der Waals surface area (Å²) in [5, 5.41) is 3.49. The molecule has 0 saturated carbocycles. The quantitative estimate of drug-likeness (QED) is 0.524. The first-order valence-electron chi connectivity index (χ1n) is 12.2. The molecule has 0 aromatic rings. The van der Waals surface area contributed by atoms with Crippen LogP contribution >= 0.6 is 0 Å². The second-order valence-electron chi connectivity index (χ2n) is 9.56. The summed E-state index contributed by atoms with van der Waals surface area (Å²) in [5.74, 6) is 2.91. The van der Waals surface area contributed by atoms with Crippen LogP contribution in [0.4, 0.5) is 0 Å². The number of amides is 1. The van der Waals surface area contributed by atoms with Crippen molar-refractivity contribution in [2.75, 3.05) is 72.1 Å². The monoisotopic (exact) mass is 421 g/mol. The Kier molecular flexibility index (Phi) is 9.25. The number of piperidine rings is 2. The Morgan fingerprint density at radius 3 is 2.47 bits per heavy atom. The van der Waals surface area contributed by atoms with E-state index in [2.05, 4.69) is 35.9 Å². The third-order valence-corrected chi connectivity index (χ3v) is 6.53. The molecule has 3 heterocycles. The Balaban J connectivity index is 1.49. The van der Waals surface area contributed by atoms with Crippen LogP contribution in [0.1, 0.15) is 46.5 Å². The molecule has 1 atom stereocenters. The van der Waals surface area contributed by atoms with Crippen molar-refractivity contribution in [2.45, 2.75) is 46.5 Å². The average Bonchev–Trinajstić information content (AvgIpc) is 2.77. The number of carbonyl (C=O) groups is 1. The Bertz CT molecular complexity index is 554. The Morgan fingerprint density at radius 2 is 1.80 bits per heavy atom. The molecular formula is C23H43N5O2. The van der Waals surface area contributed by atoms with Crippen molar-refractivity contribution < 1.29 is 9.53 Å². The van der Waals surface area contributed by atoms with E-state index < -0.39 is 0 Å². The van der Waals surface area contributed by atoms with Gasteiger partial charge in [-0.25, -0.2) is 0 Å². The molecule has 0 aromatic heterocycles. The third kappa shape index (κ3) is 6.84. The largest absolute Gasteiger partial charge is 0.378 e. The summed E-state index contributed by atoms with van der Waals surface area (Å²) in [4.78, 5) is 24.8. The minimum absolute atomic E-state index is 0.158. The number of hydrogen-bond acceptors (Lipinski definition) is 4. The number of nitrogens with zero attached hydrogens (tertiary/aromatic N) is 4. The number of rotatable bonds is 6. The Morgan fingerprint density at radius 1 is 1.07 bits per heavy atom. The Hall–Kier alpha value is -1.34. The highest BCUT2D eigenvalue weighted by Crippen LogP contribution is 2.21. The van der Waals surface area contributed by atoms with Gasteiger partial charge < -0.3 is 24.8 Å². The van der Waals surface area contributed by atoms with Crippen molar-refractivity contribution >= 4 is 11.9 Å². The molecule has 1 unspecified atom stereocenters. The summed E-state index contributed by atoms with van der Waals surface area (Å²) in [5.41, 5.74) is 0. The maximum Gasteiger partial charge on any atom is 0.225 e. The zero-order valence-electron chi connectivity index (χ0n) is 19.4. The number of carbonyl (C=O) groups excluding carboxylic acids is 1. The predicted octanol–water partition coefficient (Wildman–Crippen LogP) is 1.89. The number of guanidine groups is 1. The average molecular weight is 422 g/mol. The molecule has 0 bridgehead atoms. The molecule has 0 radical (unpaired) electrons. The van der Waals surface area contributed by atoms with E-state index in [1.165, 1.54) is 32.5 Å². The van der Waals surface area contributed by atoms with Crippen LogP contribution in [0, 0.1) is 17.8 Å². The molecule has 3 saturated heterocycles. The fourth-order valence-electron chi connectivity index (χ4n) is 5.00. The van der Waals surface area contributed by atoms with Gasteiger partial charge in [0, 0.05) is 58.3 Å². The predicted molar refractivity (Wildman–Crippen MR) is 122 cm³/mol. The molecule has 30 heavy (non-hydrogen) atoms. The van der Waals surface area contributed by atoms with Crippen molar-refractivity contribution in [3.63, 3.8) is 0 Å². The minimum atomic E-state index is 0.158. The van der Waals surface area contributed by atoms with E-state index in [-0.39, 0.29) is 5.92 Å². The maximum absolute atomic E-state index is 12.8. The van der Waals surface area contributed by atoms with Gasteiger partial charge in [0.15, 0.2) is 5.96 Å². The molecule has 0 spiro atoms. The highest BCUT2D eigenvalue weighted by molar-refractivity contribution is 5.82. The van der Waals surface area contributed by atoms with E-state index in [1.54, 1.807) is 0 Å². The molecule has 3 rings (SSSR count).